The van der Waals surface area contributed by atoms with E-state index < -0.39 is 0 Å². The van der Waals surface area contributed by atoms with Crippen LogP contribution >= 0.6 is 11.8 Å². The number of hydrogen-bond acceptors (Lipinski definition) is 4. The van der Waals surface area contributed by atoms with Crippen molar-refractivity contribution in [2.24, 2.45) is 5.92 Å². The van der Waals surface area contributed by atoms with Crippen LogP contribution in [0.1, 0.15) is 31.2 Å². The highest BCUT2D eigenvalue weighted by molar-refractivity contribution is 7.99. The first kappa shape index (κ1) is 16.0. The Morgan fingerprint density at radius 1 is 1.23 bits per heavy atom. The molecule has 1 N–H and O–H groups in total. The normalized spacial score (nSPS) is 23.2. The van der Waals surface area contributed by atoms with Crippen molar-refractivity contribution in [3.05, 3.63) is 23.8 Å². The van der Waals surface area contributed by atoms with E-state index >= 15 is 0 Å². The zero-order valence-corrected chi connectivity index (χ0v) is 14.3. The van der Waals surface area contributed by atoms with Gasteiger partial charge in [0, 0.05) is 5.75 Å². The van der Waals surface area contributed by atoms with Crippen LogP contribution in [0.5, 0.6) is 11.5 Å². The highest BCUT2D eigenvalue weighted by atomic mass is 32.2. The molecule has 1 aromatic carbocycles. The van der Waals surface area contributed by atoms with E-state index in [0.29, 0.717) is 6.10 Å². The summed E-state index contributed by atoms with van der Waals surface area (Å²) < 4.78 is 12.0. The fraction of sp³-hybridized carbons (Fsp3) is 0.667. The van der Waals surface area contributed by atoms with Crippen LogP contribution in [0.15, 0.2) is 18.2 Å². The van der Waals surface area contributed by atoms with E-state index in [0.717, 1.165) is 49.1 Å². The van der Waals surface area contributed by atoms with Gasteiger partial charge in [0.2, 0.25) is 0 Å². The molecule has 3 nitrogen and oxygen atoms in total. The molecule has 2 aliphatic rings. The third-order valence-electron chi connectivity index (χ3n) is 4.64. The van der Waals surface area contributed by atoms with Gasteiger partial charge in [0.15, 0.2) is 11.5 Å². The predicted octanol–water partition coefficient (Wildman–Crippen LogP) is 3.51. The van der Waals surface area contributed by atoms with Gasteiger partial charge in [-0.1, -0.05) is 12.1 Å². The summed E-state index contributed by atoms with van der Waals surface area (Å²) >= 11 is 2.00. The van der Waals surface area contributed by atoms with Gasteiger partial charge in [-0.2, -0.15) is 11.8 Å². The third kappa shape index (κ3) is 4.11. The number of nitrogens with one attached hydrogen (secondary N) is 1. The van der Waals surface area contributed by atoms with Crippen LogP contribution in [0.3, 0.4) is 0 Å². The summed E-state index contributed by atoms with van der Waals surface area (Å²) in [7, 11) is 1.77. The first-order valence-electron chi connectivity index (χ1n) is 8.48. The lowest BCUT2D eigenvalue weighted by Gasteiger charge is -2.26. The van der Waals surface area contributed by atoms with E-state index in [-0.39, 0.29) is 0 Å². The van der Waals surface area contributed by atoms with Gasteiger partial charge in [-0.05, 0) is 68.5 Å². The van der Waals surface area contributed by atoms with Crippen molar-refractivity contribution in [1.82, 2.24) is 5.32 Å². The number of piperidine rings is 1. The van der Waals surface area contributed by atoms with Gasteiger partial charge in [-0.3, -0.25) is 0 Å². The lowest BCUT2D eigenvalue weighted by molar-refractivity contribution is 0.201. The summed E-state index contributed by atoms with van der Waals surface area (Å²) in [6.07, 6.45) is 6.37. The summed E-state index contributed by atoms with van der Waals surface area (Å²) in [4.78, 5) is 0. The summed E-state index contributed by atoms with van der Waals surface area (Å²) in [5, 5.41) is 3.44. The highest BCUT2D eigenvalue weighted by Crippen LogP contribution is 2.35. The summed E-state index contributed by atoms with van der Waals surface area (Å²) in [6.45, 7) is 2.28. The molecule has 0 saturated carbocycles. The zero-order valence-electron chi connectivity index (χ0n) is 13.5. The van der Waals surface area contributed by atoms with Gasteiger partial charge in [0.25, 0.3) is 0 Å². The third-order valence-corrected chi connectivity index (χ3v) is 5.83. The van der Waals surface area contributed by atoms with E-state index in [1.54, 1.807) is 7.11 Å². The maximum atomic E-state index is 6.25. The first-order chi connectivity index (χ1) is 10.9. The molecule has 1 unspecified atom stereocenters. The second-order valence-electron chi connectivity index (χ2n) is 6.30. The monoisotopic (exact) mass is 321 g/mol. The number of ether oxygens (including phenoxy) is 2. The summed E-state index contributed by atoms with van der Waals surface area (Å²) in [5.74, 6) is 5.02. The number of hydrogen-bond donors (Lipinski definition) is 1. The lowest BCUT2D eigenvalue weighted by atomic mass is 9.90. The van der Waals surface area contributed by atoms with E-state index in [9.17, 15) is 0 Å². The van der Waals surface area contributed by atoms with Gasteiger partial charge >= 0.3 is 0 Å². The molecule has 4 heteroatoms. The number of benzene rings is 1. The minimum absolute atomic E-state index is 0.335. The van der Waals surface area contributed by atoms with Gasteiger partial charge in [-0.25, -0.2) is 0 Å². The predicted molar refractivity (Wildman–Crippen MR) is 93.3 cm³/mol. The van der Waals surface area contributed by atoms with Crippen LogP contribution in [0.4, 0.5) is 0 Å². The van der Waals surface area contributed by atoms with Crippen molar-refractivity contribution in [3.8, 4) is 11.5 Å². The van der Waals surface area contributed by atoms with Crippen LogP contribution < -0.4 is 14.8 Å². The fourth-order valence-electron chi connectivity index (χ4n) is 3.43. The van der Waals surface area contributed by atoms with Gasteiger partial charge < -0.3 is 14.8 Å². The number of para-hydroxylation sites is 1. The van der Waals surface area contributed by atoms with Gasteiger partial charge in [0.1, 0.15) is 6.10 Å². The van der Waals surface area contributed by atoms with Crippen LogP contribution in [-0.2, 0) is 6.42 Å². The SMILES string of the molecule is COc1c(CC2CCNCC2)cccc1OC1CCCSC1. The Balaban J connectivity index is 1.71. The van der Waals surface area contributed by atoms with E-state index in [4.69, 9.17) is 9.47 Å². The number of thioether (sulfide) groups is 1. The van der Waals surface area contributed by atoms with Crippen molar-refractivity contribution in [2.45, 2.75) is 38.2 Å². The topological polar surface area (TPSA) is 30.5 Å². The van der Waals surface area contributed by atoms with E-state index in [1.807, 2.05) is 11.8 Å². The maximum absolute atomic E-state index is 6.25. The molecule has 3 rings (SSSR count). The van der Waals surface area contributed by atoms with Crippen molar-refractivity contribution in [2.75, 3.05) is 31.7 Å². The van der Waals surface area contributed by atoms with Crippen LogP contribution in [0, 0.1) is 5.92 Å². The standard InChI is InChI=1S/C18H27NO2S/c1-20-18-15(12-14-7-9-19-10-8-14)4-2-6-17(18)21-16-5-3-11-22-13-16/h2,4,6,14,16,19H,3,5,7-13H2,1H3. The maximum Gasteiger partial charge on any atom is 0.163 e. The minimum Gasteiger partial charge on any atom is -0.493 e. The molecule has 2 heterocycles. The Labute approximate surface area is 138 Å². The summed E-state index contributed by atoms with van der Waals surface area (Å²) in [6, 6.07) is 6.37. The number of methoxy groups -OCH3 is 1. The molecule has 122 valence electrons. The largest absolute Gasteiger partial charge is 0.493 e. The van der Waals surface area contributed by atoms with Crippen LogP contribution in [-0.4, -0.2) is 37.8 Å². The molecular formula is C18H27NO2S. The lowest BCUT2D eigenvalue weighted by Crippen LogP contribution is -2.28. The Morgan fingerprint density at radius 2 is 2.09 bits per heavy atom. The Hall–Kier alpha value is -0.870. The average molecular weight is 321 g/mol. The Kier molecular flexibility index (Phi) is 5.90. The second kappa shape index (κ2) is 8.11. The molecular weight excluding hydrogens is 294 g/mol. The Morgan fingerprint density at radius 3 is 2.82 bits per heavy atom. The molecule has 0 spiro atoms. The van der Waals surface area contributed by atoms with Crippen molar-refractivity contribution in [3.63, 3.8) is 0 Å². The van der Waals surface area contributed by atoms with Crippen LogP contribution in [0.2, 0.25) is 0 Å². The van der Waals surface area contributed by atoms with Crippen molar-refractivity contribution < 1.29 is 9.47 Å². The average Bonchev–Trinajstić information content (AvgIpc) is 2.57. The minimum atomic E-state index is 0.335. The molecule has 22 heavy (non-hydrogen) atoms. The van der Waals surface area contributed by atoms with Crippen molar-refractivity contribution in [1.29, 1.82) is 0 Å². The fourth-order valence-corrected chi connectivity index (χ4v) is 4.46. The highest BCUT2D eigenvalue weighted by Gasteiger charge is 2.21. The first-order valence-corrected chi connectivity index (χ1v) is 9.63. The molecule has 1 atom stereocenters. The van der Waals surface area contributed by atoms with Crippen LogP contribution in [0.25, 0.3) is 0 Å². The molecule has 0 amide bonds. The van der Waals surface area contributed by atoms with E-state index in [1.165, 1.54) is 30.6 Å². The Bertz CT molecular complexity index is 430. The molecule has 1 aromatic rings. The molecule has 2 fully saturated rings. The summed E-state index contributed by atoms with van der Waals surface area (Å²) in [5.41, 5.74) is 1.30. The van der Waals surface area contributed by atoms with Gasteiger partial charge in [0.05, 0.1) is 7.11 Å². The zero-order chi connectivity index (χ0) is 15.2. The van der Waals surface area contributed by atoms with Crippen molar-refractivity contribution >= 4 is 11.8 Å². The molecule has 0 radical (unpaired) electrons. The number of rotatable bonds is 5. The smallest absolute Gasteiger partial charge is 0.163 e. The quantitative estimate of drug-likeness (QED) is 0.899. The molecule has 2 saturated heterocycles. The van der Waals surface area contributed by atoms with E-state index in [2.05, 4.69) is 23.5 Å². The molecule has 0 aromatic heterocycles. The molecule has 0 aliphatic carbocycles. The van der Waals surface area contributed by atoms with Gasteiger partial charge in [-0.15, -0.1) is 0 Å². The molecule has 2 aliphatic heterocycles. The molecule has 0 bridgehead atoms. The second-order valence-corrected chi connectivity index (χ2v) is 7.45.